The van der Waals surface area contributed by atoms with Crippen LogP contribution in [0, 0.1) is 17.8 Å². The third-order valence-electron chi connectivity index (χ3n) is 4.85. The van der Waals surface area contributed by atoms with Crippen LogP contribution in [0.15, 0.2) is 0 Å². The lowest BCUT2D eigenvalue weighted by molar-refractivity contribution is 0.0510. The first kappa shape index (κ1) is 14.3. The molecule has 1 aliphatic heterocycles. The predicted molar refractivity (Wildman–Crippen MR) is 73.1 cm³/mol. The van der Waals surface area contributed by atoms with Gasteiger partial charge in [-0.3, -0.25) is 0 Å². The van der Waals surface area contributed by atoms with Crippen molar-refractivity contribution >= 4 is 9.84 Å². The molecule has 0 spiro atoms. The van der Waals surface area contributed by atoms with Gasteiger partial charge in [-0.05, 0) is 43.4 Å². The Kier molecular flexibility index (Phi) is 4.70. The molecule has 2 rings (SSSR count). The van der Waals surface area contributed by atoms with Gasteiger partial charge in [0.2, 0.25) is 0 Å². The fraction of sp³-hybridized carbons (Fsp3) is 1.00. The van der Waals surface area contributed by atoms with Crippen LogP contribution in [0.5, 0.6) is 0 Å². The largest absolute Gasteiger partial charge is 0.393 e. The van der Waals surface area contributed by atoms with E-state index in [1.165, 1.54) is 19.3 Å². The van der Waals surface area contributed by atoms with Crippen LogP contribution in [-0.4, -0.2) is 31.1 Å². The van der Waals surface area contributed by atoms with Crippen molar-refractivity contribution in [3.8, 4) is 0 Å². The van der Waals surface area contributed by atoms with Gasteiger partial charge in [-0.1, -0.05) is 26.2 Å². The minimum atomic E-state index is -2.80. The van der Waals surface area contributed by atoms with Crippen molar-refractivity contribution < 1.29 is 13.5 Å². The number of sulfone groups is 1. The van der Waals surface area contributed by atoms with Gasteiger partial charge in [-0.2, -0.15) is 0 Å². The molecule has 2 aliphatic rings. The molecule has 0 aromatic heterocycles. The van der Waals surface area contributed by atoms with E-state index >= 15 is 0 Å². The van der Waals surface area contributed by atoms with Crippen LogP contribution in [0.3, 0.4) is 0 Å². The Balaban J connectivity index is 1.82. The second-order valence-corrected chi connectivity index (χ2v) is 8.50. The van der Waals surface area contributed by atoms with Crippen LogP contribution in [0.4, 0.5) is 0 Å². The van der Waals surface area contributed by atoms with E-state index < -0.39 is 9.84 Å². The third-order valence-corrected chi connectivity index (χ3v) is 6.68. The molecule has 1 N–H and O–H groups in total. The average Bonchev–Trinajstić information content (AvgIpc) is 2.68. The molecule has 1 aliphatic carbocycles. The highest BCUT2D eigenvalue weighted by Crippen LogP contribution is 2.35. The quantitative estimate of drug-likeness (QED) is 0.856. The maximum Gasteiger partial charge on any atom is 0.150 e. The zero-order chi connectivity index (χ0) is 13.2. The predicted octanol–water partition coefficient (Wildman–Crippen LogP) is 2.39. The van der Waals surface area contributed by atoms with Crippen LogP contribution in [0.25, 0.3) is 0 Å². The lowest BCUT2D eigenvalue weighted by Gasteiger charge is -2.32. The van der Waals surface area contributed by atoms with Crippen LogP contribution in [0.2, 0.25) is 0 Å². The summed E-state index contributed by atoms with van der Waals surface area (Å²) >= 11 is 0. The van der Waals surface area contributed by atoms with E-state index in [4.69, 9.17) is 0 Å². The Morgan fingerprint density at radius 2 is 2.00 bits per heavy atom. The Morgan fingerprint density at radius 3 is 2.61 bits per heavy atom. The summed E-state index contributed by atoms with van der Waals surface area (Å²) in [5, 5.41) is 10.3. The lowest BCUT2D eigenvalue weighted by Crippen LogP contribution is -2.28. The van der Waals surface area contributed by atoms with E-state index in [2.05, 4.69) is 6.92 Å². The molecule has 18 heavy (non-hydrogen) atoms. The summed E-state index contributed by atoms with van der Waals surface area (Å²) in [6, 6.07) is 0. The topological polar surface area (TPSA) is 54.4 Å². The summed E-state index contributed by atoms with van der Waals surface area (Å²) in [6.07, 6.45) is 7.16. The first-order valence-electron chi connectivity index (χ1n) is 7.38. The molecular formula is C14H26O3S. The van der Waals surface area contributed by atoms with Crippen LogP contribution in [-0.2, 0) is 9.84 Å². The monoisotopic (exact) mass is 274 g/mol. The number of hydrogen-bond acceptors (Lipinski definition) is 3. The van der Waals surface area contributed by atoms with Gasteiger partial charge in [0.25, 0.3) is 0 Å². The SMILES string of the molecule is CCC1CCCC(C(O)CC2CCS(=O)(=O)C2)C1. The molecule has 1 heterocycles. The van der Waals surface area contributed by atoms with Gasteiger partial charge in [0, 0.05) is 0 Å². The van der Waals surface area contributed by atoms with E-state index in [1.807, 2.05) is 0 Å². The van der Waals surface area contributed by atoms with Gasteiger partial charge in [0.1, 0.15) is 0 Å². The summed E-state index contributed by atoms with van der Waals surface area (Å²) in [7, 11) is -2.80. The molecule has 4 atom stereocenters. The van der Waals surface area contributed by atoms with E-state index in [-0.39, 0.29) is 12.0 Å². The Morgan fingerprint density at radius 1 is 1.22 bits per heavy atom. The highest BCUT2D eigenvalue weighted by molar-refractivity contribution is 7.91. The van der Waals surface area contributed by atoms with Crippen molar-refractivity contribution in [2.45, 2.75) is 58.0 Å². The molecule has 4 heteroatoms. The van der Waals surface area contributed by atoms with Crippen molar-refractivity contribution in [2.24, 2.45) is 17.8 Å². The first-order chi connectivity index (χ1) is 8.50. The van der Waals surface area contributed by atoms with Gasteiger partial charge in [0.05, 0.1) is 17.6 Å². The van der Waals surface area contributed by atoms with Crippen LogP contribution >= 0.6 is 0 Å². The number of aliphatic hydroxyl groups is 1. The zero-order valence-electron chi connectivity index (χ0n) is 11.3. The Bertz CT molecular complexity index is 363. The van der Waals surface area contributed by atoms with Crippen molar-refractivity contribution in [2.75, 3.05) is 11.5 Å². The van der Waals surface area contributed by atoms with Crippen LogP contribution in [0.1, 0.15) is 51.9 Å². The standard InChI is InChI=1S/C14H26O3S/c1-2-11-4-3-5-13(8-11)14(15)9-12-6-7-18(16,17)10-12/h11-15H,2-10H2,1H3. The molecule has 0 aromatic carbocycles. The summed E-state index contributed by atoms with van der Waals surface area (Å²) in [5.41, 5.74) is 0. The fourth-order valence-corrected chi connectivity index (χ4v) is 5.52. The van der Waals surface area contributed by atoms with Gasteiger partial charge in [0.15, 0.2) is 9.84 Å². The van der Waals surface area contributed by atoms with E-state index in [0.717, 1.165) is 25.2 Å². The maximum absolute atomic E-state index is 11.4. The zero-order valence-corrected chi connectivity index (χ0v) is 12.2. The minimum absolute atomic E-state index is 0.201. The van der Waals surface area contributed by atoms with E-state index in [1.54, 1.807) is 0 Å². The Hall–Kier alpha value is -0.0900. The lowest BCUT2D eigenvalue weighted by atomic mass is 9.76. The van der Waals surface area contributed by atoms with Crippen LogP contribution < -0.4 is 0 Å². The highest BCUT2D eigenvalue weighted by atomic mass is 32.2. The fourth-order valence-electron chi connectivity index (χ4n) is 3.64. The highest BCUT2D eigenvalue weighted by Gasteiger charge is 2.33. The van der Waals surface area contributed by atoms with Crippen molar-refractivity contribution in [3.05, 3.63) is 0 Å². The average molecular weight is 274 g/mol. The molecule has 2 fully saturated rings. The molecule has 0 amide bonds. The number of hydrogen-bond donors (Lipinski definition) is 1. The normalized spacial score (nSPS) is 37.6. The van der Waals surface area contributed by atoms with Gasteiger partial charge < -0.3 is 5.11 Å². The minimum Gasteiger partial charge on any atom is -0.393 e. The Labute approximate surface area is 111 Å². The summed E-state index contributed by atoms with van der Waals surface area (Å²) in [6.45, 7) is 2.23. The summed E-state index contributed by atoms with van der Waals surface area (Å²) in [5.74, 6) is 2.00. The molecule has 1 saturated carbocycles. The van der Waals surface area contributed by atoms with Crippen molar-refractivity contribution in [1.82, 2.24) is 0 Å². The van der Waals surface area contributed by atoms with E-state index in [9.17, 15) is 13.5 Å². The maximum atomic E-state index is 11.4. The van der Waals surface area contributed by atoms with Crippen molar-refractivity contribution in [1.29, 1.82) is 0 Å². The molecule has 0 aromatic rings. The molecule has 0 bridgehead atoms. The summed E-state index contributed by atoms with van der Waals surface area (Å²) in [4.78, 5) is 0. The number of aliphatic hydroxyl groups excluding tert-OH is 1. The molecule has 106 valence electrons. The number of rotatable bonds is 4. The molecule has 1 saturated heterocycles. The second kappa shape index (κ2) is 5.91. The van der Waals surface area contributed by atoms with Gasteiger partial charge >= 0.3 is 0 Å². The molecule has 0 radical (unpaired) electrons. The first-order valence-corrected chi connectivity index (χ1v) is 9.20. The third kappa shape index (κ3) is 3.70. The second-order valence-electron chi connectivity index (χ2n) is 6.27. The molecular weight excluding hydrogens is 248 g/mol. The summed E-state index contributed by atoms with van der Waals surface area (Å²) < 4.78 is 22.8. The smallest absolute Gasteiger partial charge is 0.150 e. The molecule has 3 nitrogen and oxygen atoms in total. The van der Waals surface area contributed by atoms with Crippen molar-refractivity contribution in [3.63, 3.8) is 0 Å². The van der Waals surface area contributed by atoms with Gasteiger partial charge in [-0.25, -0.2) is 8.42 Å². The van der Waals surface area contributed by atoms with Gasteiger partial charge in [-0.15, -0.1) is 0 Å². The van der Waals surface area contributed by atoms with E-state index in [0.29, 0.717) is 23.8 Å². The molecule has 4 unspecified atom stereocenters.